The molecule has 0 unspecified atom stereocenters. The number of piperazine rings is 1. The fourth-order valence-corrected chi connectivity index (χ4v) is 3.32. The predicted molar refractivity (Wildman–Crippen MR) is 116 cm³/mol. The lowest BCUT2D eigenvalue weighted by molar-refractivity contribution is 0.194. The number of guanidine groups is 1. The van der Waals surface area contributed by atoms with E-state index in [0.29, 0.717) is 0 Å². The van der Waals surface area contributed by atoms with Gasteiger partial charge in [-0.25, -0.2) is 0 Å². The van der Waals surface area contributed by atoms with E-state index in [1.54, 1.807) is 0 Å². The maximum absolute atomic E-state index is 4.82. The van der Waals surface area contributed by atoms with Crippen molar-refractivity contribution < 1.29 is 0 Å². The normalized spacial score (nSPS) is 16.0. The largest absolute Gasteiger partial charge is 0.357 e. The van der Waals surface area contributed by atoms with Gasteiger partial charge in [0.15, 0.2) is 5.96 Å². The van der Waals surface area contributed by atoms with Gasteiger partial charge in [-0.05, 0) is 25.0 Å². The van der Waals surface area contributed by atoms with Crippen LogP contribution in [0.1, 0.15) is 18.9 Å². The molecule has 0 amide bonds. The van der Waals surface area contributed by atoms with E-state index in [4.69, 9.17) is 4.99 Å². The lowest BCUT2D eigenvalue weighted by atomic mass is 10.2. The number of aryl methyl sites for hydroxylation is 1. The molecule has 2 heterocycles. The molecule has 6 heteroatoms. The Morgan fingerprint density at radius 1 is 1.14 bits per heavy atom. The van der Waals surface area contributed by atoms with Crippen LogP contribution in [0.2, 0.25) is 0 Å². The number of aromatic nitrogens is 2. The first kappa shape index (κ1) is 20.1. The lowest BCUT2D eigenvalue weighted by Gasteiger charge is -2.36. The molecule has 0 saturated carbocycles. The Hall–Kier alpha value is -2.60. The summed E-state index contributed by atoms with van der Waals surface area (Å²) < 4.78 is 1.96. The van der Waals surface area contributed by atoms with Crippen molar-refractivity contribution in [2.24, 2.45) is 4.99 Å². The molecule has 6 nitrogen and oxygen atoms in total. The second kappa shape index (κ2) is 11.3. The zero-order valence-electron chi connectivity index (χ0n) is 16.9. The van der Waals surface area contributed by atoms with Gasteiger partial charge < -0.3 is 10.2 Å². The zero-order valence-corrected chi connectivity index (χ0v) is 16.9. The highest BCUT2D eigenvalue weighted by Crippen LogP contribution is 2.05. The van der Waals surface area contributed by atoms with Crippen LogP contribution in [-0.2, 0) is 6.54 Å². The van der Waals surface area contributed by atoms with Crippen LogP contribution in [0.3, 0.4) is 0 Å². The van der Waals surface area contributed by atoms with Gasteiger partial charge in [-0.15, -0.1) is 0 Å². The van der Waals surface area contributed by atoms with E-state index in [-0.39, 0.29) is 0 Å². The number of hydrogen-bond acceptors (Lipinski definition) is 3. The molecule has 1 saturated heterocycles. The van der Waals surface area contributed by atoms with Gasteiger partial charge in [-0.2, -0.15) is 5.10 Å². The van der Waals surface area contributed by atoms with Crippen LogP contribution < -0.4 is 5.32 Å². The lowest BCUT2D eigenvalue weighted by Crippen LogP contribution is -2.52. The van der Waals surface area contributed by atoms with Gasteiger partial charge in [0.2, 0.25) is 0 Å². The maximum atomic E-state index is 4.82. The van der Waals surface area contributed by atoms with Gasteiger partial charge in [0.05, 0.1) is 0 Å². The number of hydrogen-bond donors (Lipinski definition) is 1. The van der Waals surface area contributed by atoms with Crippen LogP contribution in [0.5, 0.6) is 0 Å². The second-order valence-electron chi connectivity index (χ2n) is 6.96. The minimum Gasteiger partial charge on any atom is -0.357 e. The summed E-state index contributed by atoms with van der Waals surface area (Å²) in [4.78, 5) is 9.70. The van der Waals surface area contributed by atoms with Crippen LogP contribution in [-0.4, -0.2) is 71.4 Å². The number of benzene rings is 1. The molecule has 3 rings (SSSR count). The first-order chi connectivity index (χ1) is 13.8. The van der Waals surface area contributed by atoms with E-state index < -0.39 is 0 Å². The highest BCUT2D eigenvalue weighted by atomic mass is 15.3. The van der Waals surface area contributed by atoms with E-state index in [1.807, 2.05) is 23.1 Å². The minimum atomic E-state index is 0.822. The molecule has 0 aliphatic carbocycles. The third-order valence-electron chi connectivity index (χ3n) is 4.85. The summed E-state index contributed by atoms with van der Waals surface area (Å²) in [7, 11) is 0. The molecule has 1 N–H and O–H groups in total. The molecular formula is C22H32N6. The van der Waals surface area contributed by atoms with E-state index in [9.17, 15) is 0 Å². The molecule has 0 spiro atoms. The molecule has 0 bridgehead atoms. The van der Waals surface area contributed by atoms with E-state index >= 15 is 0 Å². The molecule has 150 valence electrons. The monoisotopic (exact) mass is 380 g/mol. The van der Waals surface area contributed by atoms with Crippen molar-refractivity contribution in [1.82, 2.24) is 24.9 Å². The molecule has 1 aliphatic rings. The van der Waals surface area contributed by atoms with Crippen LogP contribution in [0.25, 0.3) is 6.08 Å². The topological polar surface area (TPSA) is 48.7 Å². The van der Waals surface area contributed by atoms with Gasteiger partial charge in [-0.1, -0.05) is 42.5 Å². The summed E-state index contributed by atoms with van der Waals surface area (Å²) >= 11 is 0. The molecular weight excluding hydrogens is 348 g/mol. The highest BCUT2D eigenvalue weighted by molar-refractivity contribution is 5.80. The molecule has 1 fully saturated rings. The molecule has 0 atom stereocenters. The standard InChI is InChI=1S/C22H32N6/c1-2-23-22(24-12-7-15-28-16-8-13-25-28)27-19-17-26(18-20-27)14-6-11-21-9-4-3-5-10-21/h3-6,8-11,13,16H,2,7,12,14-15,17-20H2,1H3,(H,23,24)/b11-6+. The van der Waals surface area contributed by atoms with Gasteiger partial charge >= 0.3 is 0 Å². The Bertz CT molecular complexity index is 715. The molecule has 1 aromatic heterocycles. The Morgan fingerprint density at radius 3 is 2.68 bits per heavy atom. The zero-order chi connectivity index (χ0) is 19.4. The van der Waals surface area contributed by atoms with Crippen molar-refractivity contribution in [1.29, 1.82) is 0 Å². The van der Waals surface area contributed by atoms with Crippen molar-refractivity contribution in [3.05, 3.63) is 60.4 Å². The van der Waals surface area contributed by atoms with Gasteiger partial charge in [-0.3, -0.25) is 14.6 Å². The summed E-state index contributed by atoms with van der Waals surface area (Å²) in [5.74, 6) is 1.04. The average Bonchev–Trinajstić information content (AvgIpc) is 3.25. The minimum absolute atomic E-state index is 0.822. The average molecular weight is 381 g/mol. The molecule has 1 aliphatic heterocycles. The molecule has 28 heavy (non-hydrogen) atoms. The molecule has 1 aromatic carbocycles. The fraction of sp³-hybridized carbons (Fsp3) is 0.455. The third-order valence-corrected chi connectivity index (χ3v) is 4.85. The predicted octanol–water partition coefficient (Wildman–Crippen LogP) is 2.57. The van der Waals surface area contributed by atoms with Crippen LogP contribution >= 0.6 is 0 Å². The molecule has 2 aromatic rings. The van der Waals surface area contributed by atoms with E-state index in [1.165, 1.54) is 5.56 Å². The Kier molecular flexibility index (Phi) is 8.12. The van der Waals surface area contributed by atoms with E-state index in [0.717, 1.165) is 64.7 Å². The number of aliphatic imine (C=N–C) groups is 1. The van der Waals surface area contributed by atoms with Crippen LogP contribution in [0.4, 0.5) is 0 Å². The van der Waals surface area contributed by atoms with Crippen molar-refractivity contribution in [2.45, 2.75) is 19.9 Å². The Morgan fingerprint density at radius 2 is 1.96 bits per heavy atom. The second-order valence-corrected chi connectivity index (χ2v) is 6.96. The highest BCUT2D eigenvalue weighted by Gasteiger charge is 2.18. The third kappa shape index (κ3) is 6.53. The summed E-state index contributed by atoms with van der Waals surface area (Å²) in [6.07, 6.45) is 9.29. The van der Waals surface area contributed by atoms with Crippen LogP contribution in [0, 0.1) is 0 Å². The summed E-state index contributed by atoms with van der Waals surface area (Å²) in [6, 6.07) is 12.4. The van der Waals surface area contributed by atoms with Gasteiger partial charge in [0.25, 0.3) is 0 Å². The first-order valence-corrected chi connectivity index (χ1v) is 10.3. The van der Waals surface area contributed by atoms with Crippen molar-refractivity contribution >= 4 is 12.0 Å². The smallest absolute Gasteiger partial charge is 0.194 e. The fourth-order valence-electron chi connectivity index (χ4n) is 3.32. The number of rotatable bonds is 8. The van der Waals surface area contributed by atoms with Crippen LogP contribution in [0.15, 0.2) is 59.9 Å². The quantitative estimate of drug-likeness (QED) is 0.434. The van der Waals surface area contributed by atoms with Gasteiger partial charge in [0.1, 0.15) is 0 Å². The van der Waals surface area contributed by atoms with Gasteiger partial charge in [0, 0.05) is 64.8 Å². The first-order valence-electron chi connectivity index (χ1n) is 10.3. The Labute approximate surface area is 168 Å². The number of nitrogens with zero attached hydrogens (tertiary/aromatic N) is 5. The van der Waals surface area contributed by atoms with Crippen molar-refractivity contribution in [3.63, 3.8) is 0 Å². The van der Waals surface area contributed by atoms with Crippen molar-refractivity contribution in [2.75, 3.05) is 45.8 Å². The summed E-state index contributed by atoms with van der Waals surface area (Å²) in [5.41, 5.74) is 1.26. The summed E-state index contributed by atoms with van der Waals surface area (Å²) in [6.45, 7) is 9.93. The maximum Gasteiger partial charge on any atom is 0.194 e. The molecule has 0 radical (unpaired) electrons. The Balaban J connectivity index is 1.41. The van der Waals surface area contributed by atoms with Crippen molar-refractivity contribution in [3.8, 4) is 0 Å². The van der Waals surface area contributed by atoms with E-state index in [2.05, 4.69) is 69.6 Å². The summed E-state index contributed by atoms with van der Waals surface area (Å²) in [5, 5.41) is 7.69. The SMILES string of the molecule is CCNC(=NCCCn1cccn1)N1CCN(C/C=C/c2ccccc2)CC1. The number of nitrogens with one attached hydrogen (secondary N) is 1.